The lowest BCUT2D eigenvalue weighted by Crippen LogP contribution is -2.42. The van der Waals surface area contributed by atoms with Crippen LogP contribution in [-0.4, -0.2) is 114 Å². The molecule has 2 aliphatic carbocycles. The van der Waals surface area contributed by atoms with E-state index in [1.54, 1.807) is 0 Å². The fourth-order valence-corrected chi connectivity index (χ4v) is 11.6. The van der Waals surface area contributed by atoms with Gasteiger partial charge in [-0.2, -0.15) is 22.0 Å². The summed E-state index contributed by atoms with van der Waals surface area (Å²) in [5.74, 6) is -8.34. The molecule has 0 unspecified atom stereocenters. The molecule has 2 saturated carbocycles. The largest absolute Gasteiger partial charge is 0.462 e. The van der Waals surface area contributed by atoms with Crippen molar-refractivity contribution in [3.63, 3.8) is 0 Å². The first-order valence-corrected chi connectivity index (χ1v) is 27.8. The molecule has 4 heterocycles. The van der Waals surface area contributed by atoms with Gasteiger partial charge in [-0.15, -0.1) is 0 Å². The number of anilines is 1. The lowest BCUT2D eigenvalue weighted by Gasteiger charge is -2.29. The van der Waals surface area contributed by atoms with E-state index in [1.165, 1.54) is 25.2 Å². The van der Waals surface area contributed by atoms with Gasteiger partial charge >= 0.3 is 25.2 Å². The number of hydrogen-bond acceptors (Lipinski definition) is 16. The highest BCUT2D eigenvalue weighted by molar-refractivity contribution is 7.91. The summed E-state index contributed by atoms with van der Waals surface area (Å²) in [6.45, 7) is 6.16. The molecule has 0 spiro atoms. The van der Waals surface area contributed by atoms with Gasteiger partial charge in [0.15, 0.2) is 52.9 Å². The maximum Gasteiger partial charge on any atom is 0.387 e. The highest BCUT2D eigenvalue weighted by Gasteiger charge is 2.42. The normalized spacial score (nSPS) is 18.3. The third kappa shape index (κ3) is 12.7. The Balaban J connectivity index is 0.000000213. The van der Waals surface area contributed by atoms with E-state index in [0.29, 0.717) is 50.3 Å². The van der Waals surface area contributed by atoms with Crippen molar-refractivity contribution in [1.29, 1.82) is 0 Å². The van der Waals surface area contributed by atoms with Crippen molar-refractivity contribution >= 4 is 59.1 Å². The van der Waals surface area contributed by atoms with Crippen molar-refractivity contribution in [3.05, 3.63) is 61.2 Å². The van der Waals surface area contributed by atoms with E-state index in [9.17, 15) is 62.4 Å². The third-order valence-electron chi connectivity index (χ3n) is 13.2. The van der Waals surface area contributed by atoms with Crippen molar-refractivity contribution in [1.82, 2.24) is 14.5 Å². The van der Waals surface area contributed by atoms with Gasteiger partial charge in [0.1, 0.15) is 16.8 Å². The number of nitrogens with one attached hydrogen (secondary N) is 1. The van der Waals surface area contributed by atoms with Crippen LogP contribution in [0.2, 0.25) is 0 Å². The van der Waals surface area contributed by atoms with Crippen LogP contribution >= 0.6 is 0 Å². The Kier molecular flexibility index (Phi) is 17.4. The molecule has 0 radical (unpaired) electrons. The summed E-state index contributed by atoms with van der Waals surface area (Å²) in [4.78, 5) is 53.0. The van der Waals surface area contributed by atoms with Crippen LogP contribution in [0.25, 0.3) is 21.8 Å². The van der Waals surface area contributed by atoms with Gasteiger partial charge in [0, 0.05) is 48.8 Å². The first-order chi connectivity index (χ1) is 34.8. The van der Waals surface area contributed by atoms with Crippen LogP contribution in [0.4, 0.5) is 36.4 Å². The SMILES string of the molecule is CC(C)(N)[C@@H]1CCNC1.CCOC(=O)c1c(S(C)(=O)=O)n(C2CC2)c2c(OC(F)F)c(F)c(F)cc2c1=O.CCOC(=O)c1c(S(C)(=O)=O)n(C2CC2)c2c(OC(F)F)c(N3CC[C@@H](C(C)(C)N)C3)c(F)cc2c1=O. The van der Waals surface area contributed by atoms with Crippen molar-refractivity contribution in [2.75, 3.05) is 56.8 Å². The molecule has 2 atom stereocenters. The van der Waals surface area contributed by atoms with Gasteiger partial charge in [-0.3, -0.25) is 9.59 Å². The molecule has 416 valence electrons. The summed E-state index contributed by atoms with van der Waals surface area (Å²) < 4.78 is 169. The van der Waals surface area contributed by atoms with Crippen LogP contribution in [0.3, 0.4) is 0 Å². The van der Waals surface area contributed by atoms with Crippen molar-refractivity contribution < 1.29 is 76.1 Å². The average molecular weight is 1110 g/mol. The summed E-state index contributed by atoms with van der Waals surface area (Å²) >= 11 is 0. The first kappa shape index (κ1) is 58.7. The molecule has 4 aliphatic rings. The van der Waals surface area contributed by atoms with E-state index in [2.05, 4.69) is 23.9 Å². The zero-order chi connectivity index (χ0) is 56.0. The number of nitrogens with two attached hydrogens (primary N) is 2. The van der Waals surface area contributed by atoms with E-state index in [-0.39, 0.29) is 49.0 Å². The minimum atomic E-state index is -4.31. The van der Waals surface area contributed by atoms with Gasteiger partial charge in [0.2, 0.25) is 16.7 Å². The maximum absolute atomic E-state index is 15.7. The third-order valence-corrected chi connectivity index (χ3v) is 15.4. The van der Waals surface area contributed by atoms with Crippen molar-refractivity contribution in [3.8, 4) is 11.5 Å². The molecule has 2 aromatic carbocycles. The molecule has 2 saturated heterocycles. The number of halogens is 7. The Hall–Kier alpha value is -5.51. The van der Waals surface area contributed by atoms with Gasteiger partial charge in [0.25, 0.3) is 0 Å². The van der Waals surface area contributed by atoms with Crippen LogP contribution in [-0.2, 0) is 29.1 Å². The molecule has 5 N–H and O–H groups in total. The van der Waals surface area contributed by atoms with Crippen LogP contribution in [0.15, 0.2) is 31.8 Å². The van der Waals surface area contributed by atoms with Crippen molar-refractivity contribution in [2.24, 2.45) is 23.3 Å². The first-order valence-electron chi connectivity index (χ1n) is 24.0. The number of alkyl halides is 4. The number of rotatable bonds is 15. The smallest absolute Gasteiger partial charge is 0.387 e. The summed E-state index contributed by atoms with van der Waals surface area (Å²) in [5, 5.41) is 0.690. The summed E-state index contributed by atoms with van der Waals surface area (Å²) in [6.07, 6.45) is 4.92. The Morgan fingerprint density at radius 1 is 0.693 bits per heavy atom. The fraction of sp³-hybridized carbons (Fsp3) is 0.583. The summed E-state index contributed by atoms with van der Waals surface area (Å²) in [7, 11) is -8.58. The molecule has 0 amide bonds. The Bertz CT molecular complexity index is 3220. The molecule has 2 aromatic heterocycles. The Morgan fingerprint density at radius 2 is 1.12 bits per heavy atom. The topological polar surface area (TPSA) is 251 Å². The van der Waals surface area contributed by atoms with E-state index in [0.717, 1.165) is 34.5 Å². The van der Waals surface area contributed by atoms with Gasteiger partial charge in [0.05, 0.1) is 35.0 Å². The number of esters is 2. The summed E-state index contributed by atoms with van der Waals surface area (Å²) in [5.41, 5.74) is 6.13. The highest BCUT2D eigenvalue weighted by atomic mass is 32.2. The standard InChI is InChI=1S/C24H30F3N3O6S.C17H15F4NO6S.C7H16N2/c1-5-35-22(32)16-19(31)14-10-15(25)18(29-9-8-12(11-29)24(2,3)28)20(36-23(26)27)17(14)30(13-6-7-13)21(16)37(4,33)34;1-3-27-16(24)10-13(23)8-6-9(18)11(19)14(28-17(20)21)12(8)22(7-4-5-7)15(10)29(2,25)26;1-7(2,8)6-3-4-9-5-6/h10,12-13,23H,5-9,11,28H2,1-4H3;6-7,17H,3-5H2,1-2H3;6,9H,3-5,8H2,1-2H3/t12-;;6-/m1.1/s1. The van der Waals surface area contributed by atoms with Gasteiger partial charge < -0.3 is 49.8 Å². The van der Waals surface area contributed by atoms with Gasteiger partial charge in [-0.1, -0.05) is 0 Å². The van der Waals surface area contributed by atoms with E-state index < -0.39 is 140 Å². The number of nitrogens with zero attached hydrogens (tertiary/aromatic N) is 3. The van der Waals surface area contributed by atoms with Crippen LogP contribution in [0.5, 0.6) is 11.5 Å². The van der Waals surface area contributed by atoms with Gasteiger partial charge in [-0.05, 0) is 117 Å². The number of hydrogen-bond donors (Lipinski definition) is 3. The Labute approximate surface area is 427 Å². The fourth-order valence-electron chi connectivity index (χ4n) is 9.34. The lowest BCUT2D eigenvalue weighted by molar-refractivity contribution is -0.0518. The molecule has 8 rings (SSSR count). The number of fused-ring (bicyclic) bond motifs is 2. The number of carbonyl (C=O) groups is 2. The molecule has 18 nitrogen and oxygen atoms in total. The van der Waals surface area contributed by atoms with Crippen LogP contribution < -0.4 is 42.0 Å². The van der Waals surface area contributed by atoms with Gasteiger partial charge in [-0.25, -0.2) is 35.2 Å². The molecular formula is C48H61F7N6O12S2. The highest BCUT2D eigenvalue weighted by Crippen LogP contribution is 2.48. The zero-order valence-electron chi connectivity index (χ0n) is 42.5. The second kappa shape index (κ2) is 22.2. The molecule has 75 heavy (non-hydrogen) atoms. The number of ether oxygens (including phenoxy) is 4. The van der Waals surface area contributed by atoms with E-state index >= 15 is 4.39 Å². The molecule has 4 aromatic rings. The maximum atomic E-state index is 15.7. The minimum absolute atomic E-state index is 0.0174. The Morgan fingerprint density at radius 3 is 1.47 bits per heavy atom. The van der Waals surface area contributed by atoms with Crippen LogP contribution in [0, 0.1) is 29.3 Å². The molecular weight excluding hydrogens is 1050 g/mol. The zero-order valence-corrected chi connectivity index (χ0v) is 44.1. The lowest BCUT2D eigenvalue weighted by atomic mass is 9.88. The number of carbonyl (C=O) groups excluding carboxylic acids is 2. The van der Waals surface area contributed by atoms with E-state index in [4.69, 9.17) is 25.7 Å². The number of benzene rings is 2. The molecule has 27 heteroatoms. The predicted octanol–water partition coefficient (Wildman–Crippen LogP) is 6.35. The monoisotopic (exact) mass is 1110 g/mol. The number of aromatic nitrogens is 2. The molecule has 4 fully saturated rings. The molecule has 2 aliphatic heterocycles. The molecule has 0 bridgehead atoms. The second-order valence-electron chi connectivity index (χ2n) is 20.1. The minimum Gasteiger partial charge on any atom is -0.462 e. The quantitative estimate of drug-likeness (QED) is 0.0866. The number of pyridine rings is 2. The summed E-state index contributed by atoms with van der Waals surface area (Å²) in [6, 6.07) is 0.0772. The predicted molar refractivity (Wildman–Crippen MR) is 262 cm³/mol. The van der Waals surface area contributed by atoms with Crippen LogP contribution in [0.1, 0.15) is 113 Å². The van der Waals surface area contributed by atoms with E-state index in [1.807, 2.05) is 13.8 Å². The van der Waals surface area contributed by atoms with Crippen molar-refractivity contribution in [2.45, 2.75) is 127 Å². The second-order valence-corrected chi connectivity index (χ2v) is 23.9. The number of sulfone groups is 2. The average Bonchev–Trinajstić information content (AvgIpc) is 4.19.